The van der Waals surface area contributed by atoms with Crippen molar-refractivity contribution in [1.82, 2.24) is 19.8 Å². The van der Waals surface area contributed by atoms with Crippen molar-refractivity contribution in [2.45, 2.75) is 0 Å². The summed E-state index contributed by atoms with van der Waals surface area (Å²) in [5.41, 5.74) is 1.75. The standard InChI is InChI=1S/C17H19N5OS2/c1-21-6-8-22(9-7-21)17(24)25-11-15(23)12(10-18)16-19-13-4-2-3-5-14(13)20-16/h2-5,23H,6-9,11H2,1H3,(H,19,20)/b15-12+. The lowest BCUT2D eigenvalue weighted by molar-refractivity contribution is 0.220. The van der Waals surface area contributed by atoms with Gasteiger partial charge < -0.3 is 19.9 Å². The van der Waals surface area contributed by atoms with Crippen LogP contribution in [0.4, 0.5) is 0 Å². The fraction of sp³-hybridized carbons (Fsp3) is 0.353. The van der Waals surface area contributed by atoms with Crippen molar-refractivity contribution in [3.8, 4) is 6.07 Å². The van der Waals surface area contributed by atoms with E-state index in [1.165, 1.54) is 11.8 Å². The molecule has 2 heterocycles. The molecule has 0 bridgehead atoms. The summed E-state index contributed by atoms with van der Waals surface area (Å²) in [4.78, 5) is 11.8. The molecular formula is C17H19N5OS2. The van der Waals surface area contributed by atoms with E-state index in [1.54, 1.807) is 0 Å². The second-order valence-electron chi connectivity index (χ2n) is 5.88. The summed E-state index contributed by atoms with van der Waals surface area (Å²) in [6, 6.07) is 9.57. The zero-order chi connectivity index (χ0) is 17.8. The molecule has 1 fully saturated rings. The van der Waals surface area contributed by atoms with E-state index in [2.05, 4.69) is 26.8 Å². The highest BCUT2D eigenvalue weighted by atomic mass is 32.2. The van der Waals surface area contributed by atoms with Crippen molar-refractivity contribution >= 4 is 44.9 Å². The van der Waals surface area contributed by atoms with Gasteiger partial charge in [0.1, 0.15) is 21.7 Å². The number of aliphatic hydroxyl groups excluding tert-OH is 1. The fourth-order valence-corrected chi connectivity index (χ4v) is 3.74. The topological polar surface area (TPSA) is 79.2 Å². The van der Waals surface area contributed by atoms with E-state index in [1.807, 2.05) is 30.3 Å². The average molecular weight is 374 g/mol. The minimum absolute atomic E-state index is 0.0111. The number of nitriles is 1. The molecular weight excluding hydrogens is 354 g/mol. The number of allylic oxidation sites excluding steroid dienone is 1. The van der Waals surface area contributed by atoms with Crippen LogP contribution in [0.25, 0.3) is 16.6 Å². The molecule has 1 aliphatic heterocycles. The lowest BCUT2D eigenvalue weighted by atomic mass is 10.2. The quantitative estimate of drug-likeness (QED) is 0.486. The molecule has 0 aliphatic carbocycles. The average Bonchev–Trinajstić information content (AvgIpc) is 3.04. The first-order valence-corrected chi connectivity index (χ1v) is 9.35. The van der Waals surface area contributed by atoms with Gasteiger partial charge in [-0.3, -0.25) is 0 Å². The van der Waals surface area contributed by atoms with Crippen molar-refractivity contribution in [1.29, 1.82) is 5.26 Å². The Morgan fingerprint density at radius 1 is 1.36 bits per heavy atom. The number of rotatable bonds is 3. The Hall–Kier alpha value is -2.08. The second-order valence-corrected chi connectivity index (χ2v) is 7.49. The van der Waals surface area contributed by atoms with Crippen molar-refractivity contribution in [2.75, 3.05) is 39.0 Å². The van der Waals surface area contributed by atoms with Gasteiger partial charge >= 0.3 is 0 Å². The van der Waals surface area contributed by atoms with E-state index in [0.29, 0.717) is 5.82 Å². The van der Waals surface area contributed by atoms with E-state index in [0.717, 1.165) is 41.5 Å². The first-order chi connectivity index (χ1) is 12.1. The Kier molecular flexibility index (Phi) is 5.58. The number of piperazine rings is 1. The normalized spacial score (nSPS) is 16.6. The van der Waals surface area contributed by atoms with Crippen molar-refractivity contribution < 1.29 is 5.11 Å². The van der Waals surface area contributed by atoms with Gasteiger partial charge in [-0.2, -0.15) is 5.26 Å². The van der Waals surface area contributed by atoms with Crippen LogP contribution < -0.4 is 0 Å². The molecule has 0 radical (unpaired) electrons. The summed E-state index contributed by atoms with van der Waals surface area (Å²) in [5, 5.41) is 19.8. The zero-order valence-electron chi connectivity index (χ0n) is 13.9. The molecule has 130 valence electrons. The summed E-state index contributed by atoms with van der Waals surface area (Å²) in [6.45, 7) is 3.74. The van der Waals surface area contributed by atoms with Crippen LogP contribution in [0.15, 0.2) is 30.0 Å². The van der Waals surface area contributed by atoms with Gasteiger partial charge in [-0.25, -0.2) is 4.98 Å². The molecule has 1 aliphatic rings. The number of imidazole rings is 1. The number of nitrogens with one attached hydrogen (secondary N) is 1. The number of thioether (sulfide) groups is 1. The van der Waals surface area contributed by atoms with Gasteiger partial charge in [-0.15, -0.1) is 0 Å². The molecule has 0 atom stereocenters. The first kappa shape index (κ1) is 17.7. The van der Waals surface area contributed by atoms with Crippen LogP contribution in [0.2, 0.25) is 0 Å². The number of aromatic nitrogens is 2. The summed E-state index contributed by atoms with van der Waals surface area (Å²) in [5.74, 6) is 0.626. The van der Waals surface area contributed by atoms with E-state index < -0.39 is 0 Å². The number of para-hydroxylation sites is 2. The van der Waals surface area contributed by atoms with Crippen LogP contribution in [0.1, 0.15) is 5.82 Å². The van der Waals surface area contributed by atoms with Gasteiger partial charge in [0.2, 0.25) is 0 Å². The van der Waals surface area contributed by atoms with Gasteiger partial charge in [0.25, 0.3) is 0 Å². The van der Waals surface area contributed by atoms with Crippen molar-refractivity contribution in [3.63, 3.8) is 0 Å². The molecule has 2 aromatic rings. The molecule has 0 spiro atoms. The van der Waals surface area contributed by atoms with Crippen LogP contribution in [0.3, 0.4) is 0 Å². The van der Waals surface area contributed by atoms with Crippen LogP contribution in [-0.4, -0.2) is 68.2 Å². The largest absolute Gasteiger partial charge is 0.510 e. The SMILES string of the molecule is CN1CCN(C(=S)SC/C(O)=C(/C#N)c2nc3ccccc3[nH]2)CC1. The summed E-state index contributed by atoms with van der Waals surface area (Å²) < 4.78 is 0.751. The number of hydrogen-bond acceptors (Lipinski definition) is 6. The number of benzene rings is 1. The zero-order valence-corrected chi connectivity index (χ0v) is 15.5. The predicted molar refractivity (Wildman–Crippen MR) is 105 cm³/mol. The Morgan fingerprint density at radius 3 is 2.76 bits per heavy atom. The van der Waals surface area contributed by atoms with E-state index in [9.17, 15) is 10.4 Å². The Labute approximate surface area is 156 Å². The lowest BCUT2D eigenvalue weighted by Crippen LogP contribution is -2.45. The minimum atomic E-state index is -0.0111. The van der Waals surface area contributed by atoms with Crippen molar-refractivity contribution in [3.05, 3.63) is 35.8 Å². The fourth-order valence-electron chi connectivity index (χ4n) is 2.61. The van der Waals surface area contributed by atoms with Crippen LogP contribution in [0.5, 0.6) is 0 Å². The summed E-state index contributed by atoms with van der Waals surface area (Å²) >= 11 is 6.83. The second kappa shape index (κ2) is 7.87. The third-order valence-corrected chi connectivity index (χ3v) is 5.66. The number of aromatic amines is 1. The van der Waals surface area contributed by atoms with Crippen molar-refractivity contribution in [2.24, 2.45) is 0 Å². The van der Waals surface area contributed by atoms with Crippen LogP contribution >= 0.6 is 24.0 Å². The molecule has 8 heteroatoms. The van der Waals surface area contributed by atoms with Gasteiger partial charge in [0, 0.05) is 26.2 Å². The smallest absolute Gasteiger partial charge is 0.152 e. The number of fused-ring (bicyclic) bond motifs is 1. The van der Waals surface area contributed by atoms with Gasteiger partial charge in [0.05, 0.1) is 16.8 Å². The highest BCUT2D eigenvalue weighted by Gasteiger charge is 2.18. The summed E-state index contributed by atoms with van der Waals surface area (Å²) in [7, 11) is 2.09. The summed E-state index contributed by atoms with van der Waals surface area (Å²) in [6.07, 6.45) is 0. The Bertz CT molecular complexity index is 813. The molecule has 1 aromatic heterocycles. The number of hydrogen-bond donors (Lipinski definition) is 2. The van der Waals surface area contributed by atoms with E-state index in [-0.39, 0.29) is 17.1 Å². The predicted octanol–water partition coefficient (Wildman–Crippen LogP) is 2.62. The number of nitrogens with zero attached hydrogens (tertiary/aromatic N) is 4. The first-order valence-electron chi connectivity index (χ1n) is 7.96. The molecule has 0 amide bonds. The monoisotopic (exact) mass is 373 g/mol. The number of likely N-dealkylation sites (N-methyl/N-ethyl adjacent to an activating group) is 1. The maximum absolute atomic E-state index is 10.4. The highest BCUT2D eigenvalue weighted by molar-refractivity contribution is 8.23. The van der Waals surface area contributed by atoms with Crippen LogP contribution in [-0.2, 0) is 0 Å². The molecule has 2 N–H and O–H groups in total. The maximum Gasteiger partial charge on any atom is 0.152 e. The molecule has 25 heavy (non-hydrogen) atoms. The third kappa shape index (κ3) is 4.12. The molecule has 1 aromatic carbocycles. The van der Waals surface area contributed by atoms with Gasteiger partial charge in [-0.1, -0.05) is 36.1 Å². The van der Waals surface area contributed by atoms with Crippen LogP contribution in [0, 0.1) is 11.3 Å². The van der Waals surface area contributed by atoms with Gasteiger partial charge in [0.15, 0.2) is 5.82 Å². The Morgan fingerprint density at radius 2 is 2.08 bits per heavy atom. The molecule has 3 rings (SSSR count). The number of aliphatic hydroxyl groups is 1. The third-order valence-electron chi connectivity index (χ3n) is 4.12. The van der Waals surface area contributed by atoms with E-state index >= 15 is 0 Å². The van der Waals surface area contributed by atoms with E-state index in [4.69, 9.17) is 12.2 Å². The Balaban J connectivity index is 1.69. The molecule has 0 saturated carbocycles. The number of thiocarbonyl (C=S) groups is 1. The molecule has 0 unspecified atom stereocenters. The van der Waals surface area contributed by atoms with Gasteiger partial charge in [-0.05, 0) is 19.2 Å². The molecule has 1 saturated heterocycles. The molecule has 6 nitrogen and oxygen atoms in total. The lowest BCUT2D eigenvalue weighted by Gasteiger charge is -2.33. The minimum Gasteiger partial charge on any atom is -0.510 e. The highest BCUT2D eigenvalue weighted by Crippen LogP contribution is 2.22. The maximum atomic E-state index is 10.4. The number of H-pyrrole nitrogens is 1.